The smallest absolute Gasteiger partial charge is 0.290 e. The average molecular weight is 244 g/mol. The average Bonchev–Trinajstić information content (AvgIpc) is 2.11. The summed E-state index contributed by atoms with van der Waals surface area (Å²) in [5.41, 5.74) is -0.815. The number of nitrogens with one attached hydrogen (secondary N) is 1. The van der Waals surface area contributed by atoms with Gasteiger partial charge < -0.3 is 5.32 Å². The van der Waals surface area contributed by atoms with E-state index in [2.05, 4.69) is 10.4 Å². The molecule has 0 bridgehead atoms. The first kappa shape index (κ1) is 12.7. The number of aromatic nitrogens is 2. The second-order valence-corrected chi connectivity index (χ2v) is 4.90. The Balaban J connectivity index is 3.08. The van der Waals surface area contributed by atoms with Crippen molar-refractivity contribution in [2.75, 3.05) is 5.32 Å². The SMILES string of the molecule is Cn1nc(Cl)cc(NC(=O)C(C)(C)C)c1=O. The number of amides is 1. The predicted octanol–water partition coefficient (Wildman–Crippen LogP) is 1.42. The number of aryl methyl sites for hydroxylation is 1. The highest BCUT2D eigenvalue weighted by Crippen LogP contribution is 2.16. The lowest BCUT2D eigenvalue weighted by Gasteiger charge is -2.17. The topological polar surface area (TPSA) is 64.0 Å². The van der Waals surface area contributed by atoms with Gasteiger partial charge in [0.1, 0.15) is 5.69 Å². The first-order valence-electron chi connectivity index (χ1n) is 4.77. The van der Waals surface area contributed by atoms with Crippen LogP contribution in [0.3, 0.4) is 0 Å². The fourth-order valence-corrected chi connectivity index (χ4v) is 1.19. The summed E-state index contributed by atoms with van der Waals surface area (Å²) in [7, 11) is 1.47. The van der Waals surface area contributed by atoms with Gasteiger partial charge in [0.15, 0.2) is 5.15 Å². The van der Waals surface area contributed by atoms with Crippen molar-refractivity contribution < 1.29 is 4.79 Å². The quantitative estimate of drug-likeness (QED) is 0.811. The molecule has 0 aliphatic rings. The third-order valence-electron chi connectivity index (χ3n) is 1.96. The van der Waals surface area contributed by atoms with Crippen LogP contribution < -0.4 is 10.9 Å². The summed E-state index contributed by atoms with van der Waals surface area (Å²) in [6.45, 7) is 5.28. The van der Waals surface area contributed by atoms with Gasteiger partial charge in [0.05, 0.1) is 0 Å². The molecule has 0 aliphatic heterocycles. The maximum absolute atomic E-state index is 11.7. The van der Waals surface area contributed by atoms with Crippen molar-refractivity contribution in [2.24, 2.45) is 12.5 Å². The van der Waals surface area contributed by atoms with Gasteiger partial charge in [0, 0.05) is 18.5 Å². The van der Waals surface area contributed by atoms with E-state index >= 15 is 0 Å². The minimum absolute atomic E-state index is 0.141. The van der Waals surface area contributed by atoms with E-state index in [4.69, 9.17) is 11.6 Å². The molecule has 88 valence electrons. The summed E-state index contributed by atoms with van der Waals surface area (Å²) in [6, 6.07) is 1.34. The lowest BCUT2D eigenvalue weighted by Crippen LogP contribution is -2.32. The highest BCUT2D eigenvalue weighted by molar-refractivity contribution is 6.29. The molecule has 0 fully saturated rings. The molecule has 0 saturated carbocycles. The maximum Gasteiger partial charge on any atom is 0.290 e. The van der Waals surface area contributed by atoms with E-state index in [9.17, 15) is 9.59 Å². The van der Waals surface area contributed by atoms with Gasteiger partial charge in [-0.3, -0.25) is 9.59 Å². The largest absolute Gasteiger partial charge is 0.321 e. The standard InChI is InChI=1S/C10H14ClN3O2/c1-10(2,3)9(16)12-6-5-7(11)13-14(4)8(6)15/h5H,1-4H3,(H,12,16). The van der Waals surface area contributed by atoms with Gasteiger partial charge in [-0.05, 0) is 0 Å². The van der Waals surface area contributed by atoms with Crippen LogP contribution in [0.25, 0.3) is 0 Å². The number of hydrogen-bond donors (Lipinski definition) is 1. The van der Waals surface area contributed by atoms with E-state index in [1.54, 1.807) is 20.8 Å². The minimum atomic E-state index is -0.569. The minimum Gasteiger partial charge on any atom is -0.321 e. The zero-order valence-corrected chi connectivity index (χ0v) is 10.4. The predicted molar refractivity (Wildman–Crippen MR) is 62.6 cm³/mol. The van der Waals surface area contributed by atoms with Crippen LogP contribution in [0.1, 0.15) is 20.8 Å². The van der Waals surface area contributed by atoms with Gasteiger partial charge in [-0.1, -0.05) is 32.4 Å². The van der Waals surface area contributed by atoms with Crippen molar-refractivity contribution in [3.05, 3.63) is 21.6 Å². The van der Waals surface area contributed by atoms with Crippen LogP contribution in [0, 0.1) is 5.41 Å². The monoisotopic (exact) mass is 243 g/mol. The summed E-state index contributed by atoms with van der Waals surface area (Å²) in [5, 5.41) is 6.42. The Morgan fingerprint density at radius 3 is 2.56 bits per heavy atom. The molecule has 1 rings (SSSR count). The van der Waals surface area contributed by atoms with Crippen molar-refractivity contribution >= 4 is 23.2 Å². The van der Waals surface area contributed by atoms with E-state index in [0.717, 1.165) is 4.68 Å². The molecule has 0 aromatic carbocycles. The van der Waals surface area contributed by atoms with E-state index in [1.807, 2.05) is 0 Å². The second-order valence-electron chi connectivity index (χ2n) is 4.51. The van der Waals surface area contributed by atoms with E-state index in [-0.39, 0.29) is 22.3 Å². The van der Waals surface area contributed by atoms with Gasteiger partial charge >= 0.3 is 0 Å². The number of rotatable bonds is 1. The maximum atomic E-state index is 11.7. The summed E-state index contributed by atoms with van der Waals surface area (Å²) in [4.78, 5) is 23.3. The van der Waals surface area contributed by atoms with Crippen molar-refractivity contribution in [1.29, 1.82) is 0 Å². The van der Waals surface area contributed by atoms with Crippen LogP contribution in [0.5, 0.6) is 0 Å². The zero-order valence-electron chi connectivity index (χ0n) is 9.67. The first-order chi connectivity index (χ1) is 7.21. The van der Waals surface area contributed by atoms with E-state index in [0.29, 0.717) is 0 Å². The fourth-order valence-electron chi connectivity index (χ4n) is 0.972. The van der Waals surface area contributed by atoms with Crippen molar-refractivity contribution in [3.8, 4) is 0 Å². The summed E-state index contributed by atoms with van der Waals surface area (Å²) < 4.78 is 1.08. The summed E-state index contributed by atoms with van der Waals surface area (Å²) in [5.74, 6) is -0.244. The van der Waals surface area contributed by atoms with Crippen molar-refractivity contribution in [3.63, 3.8) is 0 Å². The first-order valence-corrected chi connectivity index (χ1v) is 5.15. The van der Waals surface area contributed by atoms with Crippen LogP contribution in [0.4, 0.5) is 5.69 Å². The summed E-state index contributed by atoms with van der Waals surface area (Å²) >= 11 is 5.70. The molecule has 1 aromatic heterocycles. The molecule has 0 aliphatic carbocycles. The van der Waals surface area contributed by atoms with Gasteiger partial charge in [0.2, 0.25) is 5.91 Å². The van der Waals surface area contributed by atoms with Crippen LogP contribution in [-0.4, -0.2) is 15.7 Å². The second kappa shape index (κ2) is 4.25. The number of nitrogens with zero attached hydrogens (tertiary/aromatic N) is 2. The Morgan fingerprint density at radius 1 is 1.50 bits per heavy atom. The molecule has 5 nitrogen and oxygen atoms in total. The molecule has 0 unspecified atom stereocenters. The molecule has 0 saturated heterocycles. The highest BCUT2D eigenvalue weighted by Gasteiger charge is 2.22. The highest BCUT2D eigenvalue weighted by atomic mass is 35.5. The van der Waals surface area contributed by atoms with Crippen LogP contribution in [0.15, 0.2) is 10.9 Å². The molecule has 0 atom stereocenters. The van der Waals surface area contributed by atoms with E-state index < -0.39 is 5.41 Å². The fraction of sp³-hybridized carbons (Fsp3) is 0.500. The van der Waals surface area contributed by atoms with Gasteiger partial charge in [0.25, 0.3) is 5.56 Å². The molecule has 1 aromatic rings. The normalized spacial score (nSPS) is 11.3. The van der Waals surface area contributed by atoms with E-state index in [1.165, 1.54) is 13.1 Å². The molecule has 1 heterocycles. The number of carbonyl (C=O) groups is 1. The van der Waals surface area contributed by atoms with Gasteiger partial charge in [-0.2, -0.15) is 5.10 Å². The van der Waals surface area contributed by atoms with Gasteiger partial charge in [-0.25, -0.2) is 4.68 Å². The Bertz CT molecular complexity index is 474. The molecular weight excluding hydrogens is 230 g/mol. The summed E-state index contributed by atoms with van der Waals surface area (Å²) in [6.07, 6.45) is 0. The molecule has 6 heteroatoms. The number of anilines is 1. The lowest BCUT2D eigenvalue weighted by atomic mass is 9.96. The Kier molecular flexibility index (Phi) is 3.38. The van der Waals surface area contributed by atoms with Gasteiger partial charge in [-0.15, -0.1) is 0 Å². The molecule has 16 heavy (non-hydrogen) atoms. The molecule has 1 N–H and O–H groups in total. The molecule has 1 amide bonds. The lowest BCUT2D eigenvalue weighted by molar-refractivity contribution is -0.123. The zero-order chi connectivity index (χ0) is 12.5. The Hall–Kier alpha value is -1.36. The number of hydrogen-bond acceptors (Lipinski definition) is 3. The number of carbonyl (C=O) groups excluding carboxylic acids is 1. The third-order valence-corrected chi connectivity index (χ3v) is 2.15. The number of halogens is 1. The Labute approximate surface area is 98.4 Å². The van der Waals surface area contributed by atoms with Crippen LogP contribution in [0.2, 0.25) is 5.15 Å². The molecule has 0 radical (unpaired) electrons. The third kappa shape index (κ3) is 2.82. The van der Waals surface area contributed by atoms with Crippen molar-refractivity contribution in [1.82, 2.24) is 9.78 Å². The van der Waals surface area contributed by atoms with Crippen molar-refractivity contribution in [2.45, 2.75) is 20.8 Å². The molecular formula is C10H14ClN3O2. The Morgan fingerprint density at radius 2 is 2.06 bits per heavy atom. The van der Waals surface area contributed by atoms with Crippen LogP contribution >= 0.6 is 11.6 Å². The van der Waals surface area contributed by atoms with Crippen LogP contribution in [-0.2, 0) is 11.8 Å². The molecule has 0 spiro atoms.